The molecule has 1 amide bonds. The van der Waals surface area contributed by atoms with Gasteiger partial charge in [0.05, 0.1) is 7.11 Å². The van der Waals surface area contributed by atoms with Crippen LogP contribution < -0.4 is 10.1 Å². The SMILES string of the molecule is COc1ccc(C(C)N2CCCC(CNC(=O)c3ccc(C)c(C)c3)C2)c(C)c1C. The second kappa shape index (κ2) is 9.65. The van der Waals surface area contributed by atoms with Crippen LogP contribution in [0.15, 0.2) is 30.3 Å². The molecule has 1 aliphatic heterocycles. The standard InChI is InChI=1S/C26H36N2O2/c1-17-9-10-23(14-18(17)2)26(29)27-15-22-8-7-13-28(16-22)21(5)24-11-12-25(30-6)20(4)19(24)3/h9-12,14,21-22H,7-8,13,15-16H2,1-6H3,(H,27,29). The maximum Gasteiger partial charge on any atom is 0.251 e. The second-order valence-electron chi connectivity index (χ2n) is 8.80. The number of carbonyl (C=O) groups is 1. The van der Waals surface area contributed by atoms with E-state index in [-0.39, 0.29) is 5.91 Å². The zero-order valence-corrected chi connectivity index (χ0v) is 19.3. The number of piperidine rings is 1. The smallest absolute Gasteiger partial charge is 0.251 e. The molecule has 4 heteroatoms. The van der Waals surface area contributed by atoms with Gasteiger partial charge < -0.3 is 10.1 Å². The number of amides is 1. The summed E-state index contributed by atoms with van der Waals surface area (Å²) in [4.78, 5) is 15.2. The maximum atomic E-state index is 12.6. The number of carbonyl (C=O) groups excluding carboxylic acids is 1. The number of nitrogens with zero attached hydrogens (tertiary/aromatic N) is 1. The van der Waals surface area contributed by atoms with E-state index < -0.39 is 0 Å². The van der Waals surface area contributed by atoms with Gasteiger partial charge in [0.2, 0.25) is 0 Å². The molecule has 2 unspecified atom stereocenters. The zero-order valence-electron chi connectivity index (χ0n) is 19.3. The lowest BCUT2D eigenvalue weighted by molar-refractivity contribution is 0.0917. The molecular formula is C26H36N2O2. The quantitative estimate of drug-likeness (QED) is 0.720. The van der Waals surface area contributed by atoms with Crippen LogP contribution in [0.5, 0.6) is 5.75 Å². The van der Waals surface area contributed by atoms with Gasteiger partial charge >= 0.3 is 0 Å². The third-order valence-electron chi connectivity index (χ3n) is 6.87. The Hall–Kier alpha value is -2.33. The zero-order chi connectivity index (χ0) is 21.8. The second-order valence-corrected chi connectivity index (χ2v) is 8.80. The van der Waals surface area contributed by atoms with Crippen molar-refractivity contribution in [1.82, 2.24) is 10.2 Å². The molecule has 162 valence electrons. The van der Waals surface area contributed by atoms with Gasteiger partial charge in [0.1, 0.15) is 5.75 Å². The van der Waals surface area contributed by atoms with Crippen molar-refractivity contribution >= 4 is 5.91 Å². The van der Waals surface area contributed by atoms with Crippen LogP contribution in [0.3, 0.4) is 0 Å². The topological polar surface area (TPSA) is 41.6 Å². The summed E-state index contributed by atoms with van der Waals surface area (Å²) in [6.07, 6.45) is 2.33. The van der Waals surface area contributed by atoms with Crippen LogP contribution in [0.2, 0.25) is 0 Å². The molecule has 1 heterocycles. The number of likely N-dealkylation sites (tertiary alicyclic amines) is 1. The van der Waals surface area contributed by atoms with Gasteiger partial charge in [0.15, 0.2) is 0 Å². The van der Waals surface area contributed by atoms with Gasteiger partial charge in [-0.25, -0.2) is 0 Å². The molecule has 1 fully saturated rings. The Morgan fingerprint density at radius 1 is 1.13 bits per heavy atom. The largest absolute Gasteiger partial charge is 0.496 e. The molecule has 0 aliphatic carbocycles. The van der Waals surface area contributed by atoms with E-state index in [1.807, 2.05) is 18.2 Å². The summed E-state index contributed by atoms with van der Waals surface area (Å²) in [6.45, 7) is 13.6. The summed E-state index contributed by atoms with van der Waals surface area (Å²) >= 11 is 0. The molecule has 0 radical (unpaired) electrons. The first kappa shape index (κ1) is 22.4. The van der Waals surface area contributed by atoms with Crippen LogP contribution in [-0.2, 0) is 0 Å². The van der Waals surface area contributed by atoms with Crippen LogP contribution in [-0.4, -0.2) is 37.6 Å². The Labute approximate surface area is 181 Å². The van der Waals surface area contributed by atoms with E-state index in [9.17, 15) is 4.79 Å². The van der Waals surface area contributed by atoms with E-state index in [0.29, 0.717) is 12.0 Å². The molecule has 3 rings (SSSR count). The highest BCUT2D eigenvalue weighted by Crippen LogP contribution is 2.32. The van der Waals surface area contributed by atoms with E-state index in [1.54, 1.807) is 7.11 Å². The Morgan fingerprint density at radius 2 is 1.90 bits per heavy atom. The van der Waals surface area contributed by atoms with Gasteiger partial charge in [-0.1, -0.05) is 12.1 Å². The molecule has 1 saturated heterocycles. The van der Waals surface area contributed by atoms with Crippen molar-refractivity contribution in [3.63, 3.8) is 0 Å². The van der Waals surface area contributed by atoms with Crippen molar-refractivity contribution in [2.24, 2.45) is 5.92 Å². The summed E-state index contributed by atoms with van der Waals surface area (Å²) < 4.78 is 5.47. The van der Waals surface area contributed by atoms with Crippen molar-refractivity contribution in [2.45, 2.75) is 53.5 Å². The summed E-state index contributed by atoms with van der Waals surface area (Å²) in [5.74, 6) is 1.47. The summed E-state index contributed by atoms with van der Waals surface area (Å²) in [5, 5.41) is 3.17. The molecule has 1 N–H and O–H groups in total. The normalized spacial score (nSPS) is 18.1. The van der Waals surface area contributed by atoms with Crippen LogP contribution in [0.4, 0.5) is 0 Å². The highest BCUT2D eigenvalue weighted by Gasteiger charge is 2.26. The van der Waals surface area contributed by atoms with E-state index in [2.05, 4.69) is 57.0 Å². The molecule has 0 spiro atoms. The van der Waals surface area contributed by atoms with E-state index >= 15 is 0 Å². The minimum Gasteiger partial charge on any atom is -0.496 e. The number of methoxy groups -OCH3 is 1. The van der Waals surface area contributed by atoms with Gasteiger partial charge in [-0.3, -0.25) is 9.69 Å². The van der Waals surface area contributed by atoms with Crippen LogP contribution in [0.1, 0.15) is 64.0 Å². The minimum atomic E-state index is 0.0323. The number of ether oxygens (including phenoxy) is 1. The average Bonchev–Trinajstić information content (AvgIpc) is 2.75. The molecule has 0 saturated carbocycles. The molecule has 0 bridgehead atoms. The fourth-order valence-electron chi connectivity index (χ4n) is 4.52. The third kappa shape index (κ3) is 4.86. The predicted octanol–water partition coefficient (Wildman–Crippen LogP) is 5.13. The number of benzene rings is 2. The number of nitrogens with one attached hydrogen (secondary N) is 1. The fraction of sp³-hybridized carbons (Fsp3) is 0.500. The molecule has 2 aromatic carbocycles. The number of hydrogen-bond acceptors (Lipinski definition) is 3. The molecule has 1 aliphatic rings. The number of hydrogen-bond donors (Lipinski definition) is 1. The van der Waals surface area contributed by atoms with Crippen molar-refractivity contribution in [2.75, 3.05) is 26.7 Å². The predicted molar refractivity (Wildman–Crippen MR) is 123 cm³/mol. The summed E-state index contributed by atoms with van der Waals surface area (Å²) in [6, 6.07) is 10.6. The van der Waals surface area contributed by atoms with E-state index in [4.69, 9.17) is 4.74 Å². The maximum absolute atomic E-state index is 12.6. The van der Waals surface area contributed by atoms with Gasteiger partial charge in [-0.15, -0.1) is 0 Å². The lowest BCUT2D eigenvalue weighted by Gasteiger charge is -2.38. The van der Waals surface area contributed by atoms with Gasteiger partial charge in [-0.2, -0.15) is 0 Å². The van der Waals surface area contributed by atoms with Crippen molar-refractivity contribution in [1.29, 1.82) is 0 Å². The Morgan fingerprint density at radius 3 is 2.60 bits per heavy atom. The molecule has 0 aromatic heterocycles. The average molecular weight is 409 g/mol. The van der Waals surface area contributed by atoms with Crippen LogP contribution in [0, 0.1) is 33.6 Å². The van der Waals surface area contributed by atoms with Crippen LogP contribution in [0.25, 0.3) is 0 Å². The lowest BCUT2D eigenvalue weighted by Crippen LogP contribution is -2.42. The van der Waals surface area contributed by atoms with E-state index in [0.717, 1.165) is 42.9 Å². The van der Waals surface area contributed by atoms with Crippen molar-refractivity contribution in [3.8, 4) is 5.75 Å². The lowest BCUT2D eigenvalue weighted by atomic mass is 9.92. The van der Waals surface area contributed by atoms with Gasteiger partial charge in [-0.05, 0) is 106 Å². The first-order valence-corrected chi connectivity index (χ1v) is 11.1. The molecular weight excluding hydrogens is 372 g/mol. The molecule has 30 heavy (non-hydrogen) atoms. The van der Waals surface area contributed by atoms with E-state index in [1.165, 1.54) is 28.7 Å². The Kier molecular flexibility index (Phi) is 7.19. The summed E-state index contributed by atoms with van der Waals surface area (Å²) in [5.41, 5.74) is 7.03. The van der Waals surface area contributed by atoms with Gasteiger partial charge in [0, 0.05) is 24.7 Å². The molecule has 2 atom stereocenters. The highest BCUT2D eigenvalue weighted by molar-refractivity contribution is 5.94. The monoisotopic (exact) mass is 408 g/mol. The Balaban J connectivity index is 1.62. The van der Waals surface area contributed by atoms with Crippen LogP contribution >= 0.6 is 0 Å². The molecule has 4 nitrogen and oxygen atoms in total. The van der Waals surface area contributed by atoms with Crippen molar-refractivity contribution in [3.05, 3.63) is 63.7 Å². The number of aryl methyl sites for hydroxylation is 2. The highest BCUT2D eigenvalue weighted by atomic mass is 16.5. The first-order valence-electron chi connectivity index (χ1n) is 11.1. The Bertz CT molecular complexity index is 906. The van der Waals surface area contributed by atoms with Crippen molar-refractivity contribution < 1.29 is 9.53 Å². The minimum absolute atomic E-state index is 0.0323. The first-order chi connectivity index (χ1) is 14.3. The fourth-order valence-corrected chi connectivity index (χ4v) is 4.52. The summed E-state index contributed by atoms with van der Waals surface area (Å²) in [7, 11) is 1.73. The molecule has 2 aromatic rings. The third-order valence-corrected chi connectivity index (χ3v) is 6.87. The van der Waals surface area contributed by atoms with Gasteiger partial charge in [0.25, 0.3) is 5.91 Å². The number of rotatable bonds is 6.